The average molecular weight is 455 g/mol. The number of rotatable bonds is 5. The lowest BCUT2D eigenvalue weighted by Crippen LogP contribution is -2.44. The first kappa shape index (κ1) is 22.0. The van der Waals surface area contributed by atoms with Crippen molar-refractivity contribution in [1.82, 2.24) is 14.3 Å². The van der Waals surface area contributed by atoms with Crippen LogP contribution in [0.1, 0.15) is 26.3 Å². The van der Waals surface area contributed by atoms with E-state index in [-0.39, 0.29) is 22.9 Å². The molecule has 3 aromatic rings. The maximum absolute atomic E-state index is 13.2. The van der Waals surface area contributed by atoms with Crippen LogP contribution in [0.4, 0.5) is 5.69 Å². The molecule has 2 heterocycles. The van der Waals surface area contributed by atoms with Gasteiger partial charge in [0.15, 0.2) is 0 Å². The van der Waals surface area contributed by atoms with Crippen molar-refractivity contribution in [2.45, 2.75) is 37.6 Å². The van der Waals surface area contributed by atoms with E-state index in [1.54, 1.807) is 29.2 Å². The largest absolute Gasteiger partial charge is 0.340 e. The maximum Gasteiger partial charge on any atom is 0.340 e. The summed E-state index contributed by atoms with van der Waals surface area (Å²) in [5, 5.41) is 3.18. The number of H-pyrrole nitrogens is 1. The summed E-state index contributed by atoms with van der Waals surface area (Å²) in [6, 6.07) is 13.7. The van der Waals surface area contributed by atoms with Gasteiger partial charge in [0, 0.05) is 17.8 Å². The minimum atomic E-state index is -4.09. The number of benzene rings is 2. The van der Waals surface area contributed by atoms with Gasteiger partial charge in [-0.1, -0.05) is 30.3 Å². The van der Waals surface area contributed by atoms with Gasteiger partial charge in [-0.05, 0) is 56.5 Å². The molecule has 0 bridgehead atoms. The fraction of sp³-hybridized carbons (Fsp3) is 0.304. The lowest BCUT2D eigenvalue weighted by Gasteiger charge is -2.23. The van der Waals surface area contributed by atoms with Crippen molar-refractivity contribution in [2.24, 2.45) is 0 Å². The van der Waals surface area contributed by atoms with Gasteiger partial charge in [0.1, 0.15) is 0 Å². The van der Waals surface area contributed by atoms with Crippen LogP contribution in [-0.4, -0.2) is 41.9 Å². The number of aromatic nitrogens is 2. The normalized spacial score (nSPS) is 13.9. The van der Waals surface area contributed by atoms with Crippen molar-refractivity contribution < 1.29 is 13.2 Å². The second-order valence-electron chi connectivity index (χ2n) is 8.83. The molecule has 1 aliphatic heterocycles. The number of hydrogen-bond donors (Lipinski definition) is 2. The Morgan fingerprint density at radius 3 is 2.53 bits per heavy atom. The molecule has 2 aromatic carbocycles. The first-order chi connectivity index (χ1) is 15.1. The van der Waals surface area contributed by atoms with Crippen LogP contribution in [0.2, 0.25) is 0 Å². The molecule has 0 unspecified atom stereocenters. The van der Waals surface area contributed by atoms with Gasteiger partial charge in [0.05, 0.1) is 23.3 Å². The molecule has 1 amide bonds. The van der Waals surface area contributed by atoms with Crippen LogP contribution in [0.5, 0.6) is 0 Å². The third-order valence-electron chi connectivity index (χ3n) is 5.35. The van der Waals surface area contributed by atoms with Crippen LogP contribution in [0, 0.1) is 0 Å². The molecular weight excluding hydrogens is 428 g/mol. The van der Waals surface area contributed by atoms with Crippen molar-refractivity contribution in [3.05, 3.63) is 70.8 Å². The number of hydrogen-bond acceptors (Lipinski definition) is 5. The van der Waals surface area contributed by atoms with Crippen LogP contribution in [0.25, 0.3) is 11.3 Å². The molecule has 0 fully saturated rings. The fourth-order valence-corrected chi connectivity index (χ4v) is 4.94. The lowest BCUT2D eigenvalue weighted by molar-refractivity contribution is -0.118. The minimum Gasteiger partial charge on any atom is -0.311 e. The molecule has 4 rings (SSSR count). The second kappa shape index (κ2) is 8.07. The number of fused-ring (bicyclic) bond motifs is 1. The number of amides is 1. The molecule has 0 aliphatic carbocycles. The molecule has 0 spiro atoms. The zero-order valence-electron chi connectivity index (χ0n) is 18.3. The van der Waals surface area contributed by atoms with Crippen LogP contribution < -0.4 is 15.9 Å². The predicted octanol–water partition coefficient (Wildman–Crippen LogP) is 2.36. The van der Waals surface area contributed by atoms with E-state index in [9.17, 15) is 18.0 Å². The van der Waals surface area contributed by atoms with E-state index in [2.05, 4.69) is 10.3 Å². The Kier molecular flexibility index (Phi) is 5.56. The number of nitrogens with one attached hydrogen (secondary N) is 2. The number of carbonyl (C=O) groups excluding carboxylic acids is 1. The van der Waals surface area contributed by atoms with Gasteiger partial charge in [-0.2, -0.15) is 3.97 Å². The maximum atomic E-state index is 13.2. The molecule has 0 radical (unpaired) electrons. The summed E-state index contributed by atoms with van der Waals surface area (Å²) in [6.07, 6.45) is 1.85. The number of anilines is 1. The molecule has 9 heteroatoms. The lowest BCUT2D eigenvalue weighted by atomic mass is 10.1. The van der Waals surface area contributed by atoms with Crippen LogP contribution in [0.15, 0.2) is 64.4 Å². The van der Waals surface area contributed by atoms with Gasteiger partial charge in [-0.3, -0.25) is 4.79 Å². The number of imidazole rings is 1. The Morgan fingerprint density at radius 1 is 1.12 bits per heavy atom. The summed E-state index contributed by atoms with van der Waals surface area (Å²) in [7, 11) is -4.09. The average Bonchev–Trinajstić information content (AvgIpc) is 3.35. The van der Waals surface area contributed by atoms with Crippen molar-refractivity contribution in [1.29, 1.82) is 0 Å². The van der Waals surface area contributed by atoms with Gasteiger partial charge >= 0.3 is 5.69 Å². The summed E-state index contributed by atoms with van der Waals surface area (Å²) in [5.74, 6) is -0.0661. The van der Waals surface area contributed by atoms with E-state index in [0.29, 0.717) is 29.9 Å². The first-order valence-corrected chi connectivity index (χ1v) is 11.8. The number of carbonyl (C=O) groups is 1. The molecule has 1 aromatic heterocycles. The fourth-order valence-electron chi connectivity index (χ4n) is 3.67. The van der Waals surface area contributed by atoms with Gasteiger partial charge in [0.2, 0.25) is 5.91 Å². The Balaban J connectivity index is 1.61. The highest BCUT2D eigenvalue weighted by atomic mass is 32.2. The Labute approximate surface area is 186 Å². The molecular formula is C23H26N4O4S. The Bertz CT molecular complexity index is 1320. The summed E-state index contributed by atoms with van der Waals surface area (Å²) in [5.41, 5.74) is 1.69. The van der Waals surface area contributed by atoms with E-state index in [4.69, 9.17) is 0 Å². The summed E-state index contributed by atoms with van der Waals surface area (Å²) >= 11 is 0. The monoisotopic (exact) mass is 454 g/mol. The molecule has 0 saturated carbocycles. The third-order valence-corrected chi connectivity index (χ3v) is 6.99. The number of aromatic amines is 1. The molecule has 168 valence electrons. The zero-order chi connectivity index (χ0) is 23.1. The molecule has 0 atom stereocenters. The van der Waals surface area contributed by atoms with Gasteiger partial charge < -0.3 is 15.2 Å². The van der Waals surface area contributed by atoms with Crippen LogP contribution in [0.3, 0.4) is 0 Å². The number of nitrogens with zero attached hydrogens (tertiary/aromatic N) is 2. The molecule has 0 saturated heterocycles. The molecule has 2 N–H and O–H groups in total. The Morgan fingerprint density at radius 2 is 1.84 bits per heavy atom. The van der Waals surface area contributed by atoms with Gasteiger partial charge in [0.25, 0.3) is 10.0 Å². The smallest absolute Gasteiger partial charge is 0.311 e. The highest BCUT2D eigenvalue weighted by Crippen LogP contribution is 2.31. The van der Waals surface area contributed by atoms with Crippen LogP contribution >= 0.6 is 0 Å². The minimum absolute atomic E-state index is 0.0130. The van der Waals surface area contributed by atoms with Crippen molar-refractivity contribution in [3.63, 3.8) is 0 Å². The van der Waals surface area contributed by atoms with E-state index < -0.39 is 15.7 Å². The van der Waals surface area contributed by atoms with Gasteiger partial charge in [-0.25, -0.2) is 13.2 Å². The zero-order valence-corrected chi connectivity index (χ0v) is 19.1. The summed E-state index contributed by atoms with van der Waals surface area (Å²) in [6.45, 7) is 6.65. The quantitative estimate of drug-likeness (QED) is 0.616. The Hall–Kier alpha value is -3.17. The van der Waals surface area contributed by atoms with E-state index in [1.165, 1.54) is 12.3 Å². The summed E-state index contributed by atoms with van der Waals surface area (Å²) < 4.78 is 27.1. The predicted molar refractivity (Wildman–Crippen MR) is 123 cm³/mol. The van der Waals surface area contributed by atoms with E-state index >= 15 is 0 Å². The SMILES string of the molecule is CC(C)(C)NCC(=O)N1CCc2cc(S(=O)(=O)n3cc(-c4ccccc4)[nH]c3=O)ccc21. The van der Waals surface area contributed by atoms with E-state index in [0.717, 1.165) is 9.54 Å². The standard InChI is InChI=1S/C23H26N4O4S/c1-23(2,3)24-14-21(28)26-12-11-17-13-18(9-10-20(17)26)32(30,31)27-15-19(25-22(27)29)16-7-5-4-6-8-16/h4-10,13,15,24H,11-12,14H2,1-3H3,(H,25,29). The molecule has 32 heavy (non-hydrogen) atoms. The highest BCUT2D eigenvalue weighted by Gasteiger charge is 2.28. The first-order valence-electron chi connectivity index (χ1n) is 10.4. The van der Waals surface area contributed by atoms with Crippen molar-refractivity contribution in [3.8, 4) is 11.3 Å². The van der Waals surface area contributed by atoms with Gasteiger partial charge in [-0.15, -0.1) is 0 Å². The molecule has 8 nitrogen and oxygen atoms in total. The van der Waals surface area contributed by atoms with Crippen LogP contribution in [-0.2, 0) is 21.2 Å². The van der Waals surface area contributed by atoms with Crippen molar-refractivity contribution >= 4 is 21.6 Å². The highest BCUT2D eigenvalue weighted by molar-refractivity contribution is 7.90. The summed E-state index contributed by atoms with van der Waals surface area (Å²) in [4.78, 5) is 29.4. The molecule has 1 aliphatic rings. The second-order valence-corrected chi connectivity index (χ2v) is 10.6. The topological polar surface area (TPSA) is 104 Å². The van der Waals surface area contributed by atoms with E-state index in [1.807, 2.05) is 39.0 Å². The van der Waals surface area contributed by atoms with Crippen molar-refractivity contribution in [2.75, 3.05) is 18.0 Å². The third kappa shape index (κ3) is 4.26.